The second-order valence-electron chi connectivity index (χ2n) is 11.0. The van der Waals surface area contributed by atoms with Crippen LogP contribution < -0.4 is 10.1 Å². The summed E-state index contributed by atoms with van der Waals surface area (Å²) in [4.78, 5) is 17.8. The van der Waals surface area contributed by atoms with E-state index in [2.05, 4.69) is 42.9 Å². The third-order valence-corrected chi connectivity index (χ3v) is 5.93. The van der Waals surface area contributed by atoms with Gasteiger partial charge in [-0.25, -0.2) is 4.98 Å². The first kappa shape index (κ1) is 27.9. The van der Waals surface area contributed by atoms with E-state index in [1.54, 1.807) is 18.2 Å². The lowest BCUT2D eigenvalue weighted by molar-refractivity contribution is 0.0930. The average Bonchev–Trinajstić information content (AvgIpc) is 3.18. The van der Waals surface area contributed by atoms with E-state index >= 15 is 0 Å². The van der Waals surface area contributed by atoms with Crippen LogP contribution in [0, 0.1) is 16.7 Å². The molecule has 1 amide bonds. The molecule has 0 aliphatic rings. The van der Waals surface area contributed by atoms with E-state index in [1.165, 1.54) is 0 Å². The standard InChI is InChI=1S/C30H38N4O3/c1-20(2)37-27-12-11-23(16-24(27)18-31)29(36)32-25(13-14-35)15-21-7-9-22(10-8-21)26-19-34(6)28(33-26)17-30(3,4)5/h7-12,16,19-20,25,35H,13-15,17H2,1-6H3,(H,32,36). The van der Waals surface area contributed by atoms with Gasteiger partial charge in [-0.2, -0.15) is 5.26 Å². The van der Waals surface area contributed by atoms with Crippen molar-refractivity contribution < 1.29 is 14.6 Å². The number of benzene rings is 2. The van der Waals surface area contributed by atoms with Crippen molar-refractivity contribution >= 4 is 5.91 Å². The van der Waals surface area contributed by atoms with Crippen molar-refractivity contribution in [1.29, 1.82) is 5.26 Å². The summed E-state index contributed by atoms with van der Waals surface area (Å²) >= 11 is 0. The smallest absolute Gasteiger partial charge is 0.251 e. The van der Waals surface area contributed by atoms with Crippen LogP contribution in [0.15, 0.2) is 48.7 Å². The predicted octanol–water partition coefficient (Wildman–Crippen LogP) is 5.06. The Morgan fingerprint density at radius 2 is 1.89 bits per heavy atom. The number of aliphatic hydroxyl groups excluding tert-OH is 1. The number of nitrogens with zero attached hydrogens (tertiary/aromatic N) is 3. The number of amides is 1. The highest BCUT2D eigenvalue weighted by molar-refractivity contribution is 5.95. The van der Waals surface area contributed by atoms with Crippen LogP contribution in [-0.4, -0.2) is 39.3 Å². The van der Waals surface area contributed by atoms with Crippen molar-refractivity contribution in [2.75, 3.05) is 6.61 Å². The summed E-state index contributed by atoms with van der Waals surface area (Å²) in [5.41, 5.74) is 3.88. The average molecular weight is 503 g/mol. The van der Waals surface area contributed by atoms with E-state index in [9.17, 15) is 15.2 Å². The maximum atomic E-state index is 12.9. The van der Waals surface area contributed by atoms with Crippen LogP contribution >= 0.6 is 0 Å². The monoisotopic (exact) mass is 502 g/mol. The summed E-state index contributed by atoms with van der Waals surface area (Å²) < 4.78 is 7.73. The van der Waals surface area contributed by atoms with Crippen molar-refractivity contribution in [1.82, 2.24) is 14.9 Å². The molecule has 7 heteroatoms. The summed E-state index contributed by atoms with van der Waals surface area (Å²) in [6, 6.07) is 14.8. The lowest BCUT2D eigenvalue weighted by atomic mass is 9.92. The Hall–Kier alpha value is -3.63. The van der Waals surface area contributed by atoms with Gasteiger partial charge in [0, 0.05) is 43.4 Å². The molecular weight excluding hydrogens is 464 g/mol. The van der Waals surface area contributed by atoms with Crippen molar-refractivity contribution in [3.05, 3.63) is 71.2 Å². The third kappa shape index (κ3) is 7.93. The number of ether oxygens (including phenoxy) is 1. The van der Waals surface area contributed by atoms with Crippen molar-refractivity contribution in [3.8, 4) is 23.1 Å². The topological polar surface area (TPSA) is 100 Å². The van der Waals surface area contributed by atoms with Crippen LogP contribution in [0.5, 0.6) is 5.75 Å². The highest BCUT2D eigenvalue weighted by Gasteiger charge is 2.18. The van der Waals surface area contributed by atoms with Gasteiger partial charge in [-0.05, 0) is 55.9 Å². The normalized spacial score (nSPS) is 12.3. The van der Waals surface area contributed by atoms with Gasteiger partial charge >= 0.3 is 0 Å². The molecule has 3 aromatic rings. The van der Waals surface area contributed by atoms with E-state index < -0.39 is 0 Å². The van der Waals surface area contributed by atoms with Gasteiger partial charge in [0.2, 0.25) is 0 Å². The zero-order chi connectivity index (χ0) is 27.2. The van der Waals surface area contributed by atoms with Gasteiger partial charge in [0.1, 0.15) is 17.6 Å². The first-order valence-electron chi connectivity index (χ1n) is 12.7. The molecule has 0 bridgehead atoms. The Kier molecular flexibility index (Phi) is 9.12. The number of imidazole rings is 1. The number of nitrogens with one attached hydrogen (secondary N) is 1. The van der Waals surface area contributed by atoms with Crippen LogP contribution in [0.1, 0.15) is 68.3 Å². The molecule has 0 spiro atoms. The lowest BCUT2D eigenvalue weighted by Crippen LogP contribution is -2.37. The van der Waals surface area contributed by atoms with E-state index in [-0.39, 0.29) is 30.1 Å². The third-order valence-electron chi connectivity index (χ3n) is 5.93. The van der Waals surface area contributed by atoms with Crippen molar-refractivity contribution in [2.45, 2.75) is 66.0 Å². The summed E-state index contributed by atoms with van der Waals surface area (Å²) in [5, 5.41) is 22.1. The quantitative estimate of drug-likeness (QED) is 0.404. The van der Waals surface area contributed by atoms with Crippen LogP contribution in [0.25, 0.3) is 11.3 Å². The zero-order valence-corrected chi connectivity index (χ0v) is 22.7. The molecule has 7 nitrogen and oxygen atoms in total. The molecule has 1 unspecified atom stereocenters. The SMILES string of the molecule is CC(C)Oc1ccc(C(=O)NC(CCO)Cc2ccc(-c3cn(C)c(CC(C)(C)C)n3)cc2)cc1C#N. The number of carbonyl (C=O) groups is 1. The van der Waals surface area contributed by atoms with Crippen LogP contribution in [0.2, 0.25) is 0 Å². The number of aliphatic hydroxyl groups is 1. The van der Waals surface area contributed by atoms with Gasteiger partial charge < -0.3 is 19.7 Å². The molecule has 2 N–H and O–H groups in total. The molecule has 3 rings (SSSR count). The Bertz CT molecular complexity index is 1250. The molecule has 0 fully saturated rings. The fourth-order valence-electron chi connectivity index (χ4n) is 4.14. The Morgan fingerprint density at radius 1 is 1.19 bits per heavy atom. The van der Waals surface area contributed by atoms with Crippen molar-refractivity contribution in [3.63, 3.8) is 0 Å². The molecule has 1 aromatic heterocycles. The molecule has 0 radical (unpaired) electrons. The van der Waals surface area contributed by atoms with E-state index in [1.807, 2.05) is 45.2 Å². The van der Waals surface area contributed by atoms with Gasteiger partial charge in [-0.3, -0.25) is 4.79 Å². The Labute approximate surface area is 220 Å². The molecule has 196 valence electrons. The molecule has 1 heterocycles. The number of rotatable bonds is 10. The van der Waals surface area contributed by atoms with E-state index in [4.69, 9.17) is 9.72 Å². The second-order valence-corrected chi connectivity index (χ2v) is 11.0. The molecule has 2 aromatic carbocycles. The number of hydrogen-bond acceptors (Lipinski definition) is 5. The summed E-state index contributed by atoms with van der Waals surface area (Å²) in [7, 11) is 2.03. The minimum absolute atomic E-state index is 0.0435. The van der Waals surface area contributed by atoms with Crippen LogP contribution in [0.4, 0.5) is 0 Å². The summed E-state index contributed by atoms with van der Waals surface area (Å²) in [5.74, 6) is 1.22. The van der Waals surface area contributed by atoms with Gasteiger partial charge in [0.15, 0.2) is 0 Å². The van der Waals surface area contributed by atoms with Crippen molar-refractivity contribution in [2.24, 2.45) is 12.5 Å². The molecule has 0 saturated heterocycles. The first-order valence-corrected chi connectivity index (χ1v) is 12.7. The largest absolute Gasteiger partial charge is 0.490 e. The number of nitriles is 1. The molecular formula is C30H38N4O3. The minimum atomic E-state index is -0.289. The van der Waals surface area contributed by atoms with E-state index in [0.29, 0.717) is 29.7 Å². The second kappa shape index (κ2) is 12.1. The molecule has 0 aliphatic carbocycles. The van der Waals surface area contributed by atoms with Gasteiger partial charge in [-0.1, -0.05) is 45.0 Å². The number of aromatic nitrogens is 2. The van der Waals surface area contributed by atoms with Gasteiger partial charge in [-0.15, -0.1) is 0 Å². The summed E-state index contributed by atoms with van der Waals surface area (Å²) in [6.07, 6.45) is 3.87. The highest BCUT2D eigenvalue weighted by atomic mass is 16.5. The Morgan fingerprint density at radius 3 is 2.49 bits per heavy atom. The van der Waals surface area contributed by atoms with Gasteiger partial charge in [0.05, 0.1) is 17.4 Å². The number of hydrogen-bond donors (Lipinski definition) is 2. The maximum Gasteiger partial charge on any atom is 0.251 e. The lowest BCUT2D eigenvalue weighted by Gasteiger charge is -2.19. The highest BCUT2D eigenvalue weighted by Crippen LogP contribution is 2.25. The van der Waals surface area contributed by atoms with E-state index in [0.717, 1.165) is 29.1 Å². The summed E-state index contributed by atoms with van der Waals surface area (Å²) in [6.45, 7) is 10.3. The molecule has 0 saturated carbocycles. The van der Waals surface area contributed by atoms with Crippen LogP contribution in [0.3, 0.4) is 0 Å². The first-order chi connectivity index (χ1) is 17.5. The number of aryl methyl sites for hydroxylation is 1. The van der Waals surface area contributed by atoms with Crippen LogP contribution in [-0.2, 0) is 19.9 Å². The molecule has 37 heavy (non-hydrogen) atoms. The fraction of sp³-hybridized carbons (Fsp3) is 0.433. The molecule has 0 aliphatic heterocycles. The fourth-order valence-corrected chi connectivity index (χ4v) is 4.14. The zero-order valence-electron chi connectivity index (χ0n) is 22.7. The molecule has 1 atom stereocenters. The Balaban J connectivity index is 1.70. The van der Waals surface area contributed by atoms with Gasteiger partial charge in [0.25, 0.3) is 5.91 Å². The predicted molar refractivity (Wildman–Crippen MR) is 145 cm³/mol. The minimum Gasteiger partial charge on any atom is -0.490 e. The number of carbonyl (C=O) groups excluding carboxylic acids is 1. The maximum absolute atomic E-state index is 12.9.